The standard InChI is InChI=1S/C25H20N2O4/c1-30-25(29)22-14-13-21(31-22)17-9-11-20(12-10-17)27-23(19-8-5-15-26-16-19)24(28)18-6-3-2-4-7-18/h2-16,23,27H,1H3. The third kappa shape index (κ3) is 4.53. The maximum atomic E-state index is 13.2. The molecule has 0 amide bonds. The number of hydrogen-bond donors (Lipinski definition) is 1. The monoisotopic (exact) mass is 412 g/mol. The second-order valence-electron chi connectivity index (χ2n) is 6.83. The molecule has 31 heavy (non-hydrogen) atoms. The number of methoxy groups -OCH3 is 1. The number of nitrogens with one attached hydrogen (secondary N) is 1. The Morgan fingerprint density at radius 1 is 0.935 bits per heavy atom. The summed E-state index contributed by atoms with van der Waals surface area (Å²) in [7, 11) is 1.31. The van der Waals surface area contributed by atoms with Gasteiger partial charge in [-0.1, -0.05) is 36.4 Å². The van der Waals surface area contributed by atoms with Crippen molar-refractivity contribution in [3.05, 3.63) is 108 Å². The highest BCUT2D eigenvalue weighted by Crippen LogP contribution is 2.27. The van der Waals surface area contributed by atoms with Crippen molar-refractivity contribution in [1.29, 1.82) is 0 Å². The molecule has 0 radical (unpaired) electrons. The largest absolute Gasteiger partial charge is 0.463 e. The molecule has 6 heteroatoms. The Morgan fingerprint density at radius 2 is 1.71 bits per heavy atom. The molecule has 0 fully saturated rings. The van der Waals surface area contributed by atoms with Crippen LogP contribution in [0.25, 0.3) is 11.3 Å². The Morgan fingerprint density at radius 3 is 2.39 bits per heavy atom. The summed E-state index contributed by atoms with van der Waals surface area (Å²) in [6.45, 7) is 0. The normalized spacial score (nSPS) is 11.5. The van der Waals surface area contributed by atoms with E-state index in [2.05, 4.69) is 15.0 Å². The Balaban J connectivity index is 1.58. The lowest BCUT2D eigenvalue weighted by Gasteiger charge is -2.19. The van der Waals surface area contributed by atoms with Crippen LogP contribution in [0.4, 0.5) is 5.69 Å². The first kappa shape index (κ1) is 20.1. The average molecular weight is 412 g/mol. The summed E-state index contributed by atoms with van der Waals surface area (Å²) < 4.78 is 10.2. The van der Waals surface area contributed by atoms with E-state index in [4.69, 9.17) is 4.42 Å². The predicted molar refractivity (Wildman–Crippen MR) is 117 cm³/mol. The van der Waals surface area contributed by atoms with Crippen molar-refractivity contribution in [2.45, 2.75) is 6.04 Å². The van der Waals surface area contributed by atoms with Gasteiger partial charge in [0.15, 0.2) is 5.78 Å². The third-order valence-corrected chi connectivity index (χ3v) is 4.81. The molecule has 2 heterocycles. The van der Waals surface area contributed by atoms with Crippen LogP contribution in [0.5, 0.6) is 0 Å². The number of anilines is 1. The number of ketones is 1. The molecule has 4 rings (SSSR count). The van der Waals surface area contributed by atoms with Crippen molar-refractivity contribution in [2.24, 2.45) is 0 Å². The maximum Gasteiger partial charge on any atom is 0.373 e. The number of esters is 1. The van der Waals surface area contributed by atoms with E-state index in [0.717, 1.165) is 16.8 Å². The van der Waals surface area contributed by atoms with Crippen LogP contribution < -0.4 is 5.32 Å². The second-order valence-corrected chi connectivity index (χ2v) is 6.83. The molecule has 0 aliphatic heterocycles. The number of hydrogen-bond acceptors (Lipinski definition) is 6. The van der Waals surface area contributed by atoms with Crippen LogP contribution in [-0.2, 0) is 4.74 Å². The number of rotatable bonds is 7. The third-order valence-electron chi connectivity index (χ3n) is 4.81. The number of pyridine rings is 1. The molecule has 4 aromatic rings. The van der Waals surface area contributed by atoms with Gasteiger partial charge in [0.05, 0.1) is 7.11 Å². The molecule has 2 aromatic carbocycles. The van der Waals surface area contributed by atoms with Gasteiger partial charge in [-0.3, -0.25) is 9.78 Å². The molecule has 6 nitrogen and oxygen atoms in total. The number of nitrogens with zero attached hydrogens (tertiary/aromatic N) is 1. The highest BCUT2D eigenvalue weighted by molar-refractivity contribution is 6.02. The van der Waals surface area contributed by atoms with E-state index in [-0.39, 0.29) is 11.5 Å². The summed E-state index contributed by atoms with van der Waals surface area (Å²) in [6, 6.07) is 23.0. The Labute approximate surface area is 179 Å². The first-order chi connectivity index (χ1) is 15.2. The van der Waals surface area contributed by atoms with Crippen LogP contribution in [0.2, 0.25) is 0 Å². The van der Waals surface area contributed by atoms with E-state index in [1.165, 1.54) is 7.11 Å². The lowest BCUT2D eigenvalue weighted by atomic mass is 9.98. The summed E-state index contributed by atoms with van der Waals surface area (Å²) in [5.41, 5.74) is 2.95. The molecule has 1 N–H and O–H groups in total. The van der Waals surface area contributed by atoms with Crippen LogP contribution in [0.3, 0.4) is 0 Å². The zero-order valence-corrected chi connectivity index (χ0v) is 16.8. The van der Waals surface area contributed by atoms with Gasteiger partial charge in [0.2, 0.25) is 5.76 Å². The molecule has 0 aliphatic carbocycles. The molecule has 0 aliphatic rings. The summed E-state index contributed by atoms with van der Waals surface area (Å²) in [6.07, 6.45) is 3.36. The zero-order chi connectivity index (χ0) is 21.6. The molecule has 154 valence electrons. The fraction of sp³-hybridized carbons (Fsp3) is 0.0800. The number of furan rings is 1. The lowest BCUT2D eigenvalue weighted by Crippen LogP contribution is -2.21. The first-order valence-corrected chi connectivity index (χ1v) is 9.70. The molecule has 2 aromatic heterocycles. The van der Waals surface area contributed by atoms with Crippen LogP contribution in [0.15, 0.2) is 95.7 Å². The van der Waals surface area contributed by atoms with Crippen molar-refractivity contribution >= 4 is 17.4 Å². The number of ether oxygens (including phenoxy) is 1. The summed E-state index contributed by atoms with van der Waals surface area (Å²) in [5, 5.41) is 3.31. The van der Waals surface area contributed by atoms with E-state index in [1.54, 1.807) is 42.7 Å². The summed E-state index contributed by atoms with van der Waals surface area (Å²) in [5.74, 6) is 0.121. The van der Waals surface area contributed by atoms with Crippen LogP contribution in [0, 0.1) is 0 Å². The van der Waals surface area contributed by atoms with E-state index >= 15 is 0 Å². The van der Waals surface area contributed by atoms with Gasteiger partial charge in [-0.15, -0.1) is 0 Å². The highest BCUT2D eigenvalue weighted by atomic mass is 16.5. The molecule has 0 saturated carbocycles. The topological polar surface area (TPSA) is 81.4 Å². The molecular formula is C25H20N2O4. The zero-order valence-electron chi connectivity index (χ0n) is 16.8. The fourth-order valence-corrected chi connectivity index (χ4v) is 3.22. The van der Waals surface area contributed by atoms with Crippen LogP contribution >= 0.6 is 0 Å². The first-order valence-electron chi connectivity index (χ1n) is 9.70. The quantitative estimate of drug-likeness (QED) is 0.333. The Bertz CT molecular complexity index is 1170. The summed E-state index contributed by atoms with van der Waals surface area (Å²) in [4.78, 5) is 28.9. The number of carbonyl (C=O) groups is 2. The molecular weight excluding hydrogens is 392 g/mol. The molecule has 1 atom stereocenters. The van der Waals surface area contributed by atoms with Crippen molar-refractivity contribution in [2.75, 3.05) is 12.4 Å². The minimum absolute atomic E-state index is 0.0496. The number of carbonyl (C=O) groups excluding carboxylic acids is 2. The van der Waals surface area contributed by atoms with Gasteiger partial charge >= 0.3 is 5.97 Å². The molecule has 0 spiro atoms. The van der Waals surface area contributed by atoms with Gasteiger partial charge < -0.3 is 14.5 Å². The van der Waals surface area contributed by atoms with Crippen molar-refractivity contribution < 1.29 is 18.7 Å². The predicted octanol–water partition coefficient (Wildman–Crippen LogP) is 5.16. The van der Waals surface area contributed by atoms with E-state index in [0.29, 0.717) is 11.3 Å². The Hall–Kier alpha value is -4.19. The minimum Gasteiger partial charge on any atom is -0.463 e. The molecule has 1 unspecified atom stereocenters. The number of Topliss-reactive ketones (excluding diaryl/α,β-unsaturated/α-hetero) is 1. The van der Waals surface area contributed by atoms with Gasteiger partial charge in [0.1, 0.15) is 11.8 Å². The van der Waals surface area contributed by atoms with Crippen LogP contribution in [-0.4, -0.2) is 23.8 Å². The van der Waals surface area contributed by atoms with Gasteiger partial charge in [-0.25, -0.2) is 4.79 Å². The number of benzene rings is 2. The second kappa shape index (κ2) is 9.09. The maximum absolute atomic E-state index is 13.2. The van der Waals surface area contributed by atoms with E-state index < -0.39 is 12.0 Å². The van der Waals surface area contributed by atoms with Gasteiger partial charge in [-0.2, -0.15) is 0 Å². The van der Waals surface area contributed by atoms with Gasteiger partial charge in [0.25, 0.3) is 0 Å². The Kier molecular flexibility index (Phi) is 5.89. The average Bonchev–Trinajstić information content (AvgIpc) is 3.33. The van der Waals surface area contributed by atoms with Crippen LogP contribution in [0.1, 0.15) is 32.5 Å². The highest BCUT2D eigenvalue weighted by Gasteiger charge is 2.22. The van der Waals surface area contributed by atoms with Gasteiger partial charge in [0, 0.05) is 34.8 Å². The van der Waals surface area contributed by atoms with Crippen molar-refractivity contribution in [3.63, 3.8) is 0 Å². The SMILES string of the molecule is COC(=O)c1ccc(-c2ccc(NC(C(=O)c3ccccc3)c3cccnc3)cc2)o1. The minimum atomic E-state index is -0.587. The smallest absolute Gasteiger partial charge is 0.373 e. The van der Waals surface area contributed by atoms with Gasteiger partial charge in [-0.05, 0) is 42.5 Å². The summed E-state index contributed by atoms with van der Waals surface area (Å²) >= 11 is 0. The molecule has 0 saturated heterocycles. The number of aromatic nitrogens is 1. The van der Waals surface area contributed by atoms with E-state index in [1.807, 2.05) is 48.5 Å². The van der Waals surface area contributed by atoms with E-state index in [9.17, 15) is 9.59 Å². The molecule has 0 bridgehead atoms. The fourth-order valence-electron chi connectivity index (χ4n) is 3.22. The lowest BCUT2D eigenvalue weighted by molar-refractivity contribution is 0.0566. The van der Waals surface area contributed by atoms with Crippen molar-refractivity contribution in [1.82, 2.24) is 4.98 Å². The van der Waals surface area contributed by atoms with Crippen molar-refractivity contribution in [3.8, 4) is 11.3 Å².